The largest absolute Gasteiger partial charge is 0.491 e. The van der Waals surface area contributed by atoms with E-state index in [9.17, 15) is 13.2 Å². The van der Waals surface area contributed by atoms with Crippen LogP contribution in [0.4, 0.5) is 0 Å². The predicted octanol–water partition coefficient (Wildman–Crippen LogP) is 2.44. The number of carbonyl (C=O) groups is 1. The number of pyridine rings is 1. The van der Waals surface area contributed by atoms with E-state index in [2.05, 4.69) is 10.3 Å². The van der Waals surface area contributed by atoms with Gasteiger partial charge in [-0.2, -0.15) is 4.31 Å². The molecule has 0 aliphatic rings. The molecule has 0 saturated heterocycles. The topological polar surface area (TPSA) is 88.6 Å². The van der Waals surface area contributed by atoms with Crippen LogP contribution in [0.15, 0.2) is 71.8 Å². The molecule has 0 aliphatic carbocycles. The minimum absolute atomic E-state index is 0.160. The van der Waals surface area contributed by atoms with Crippen LogP contribution in [-0.2, 0) is 14.8 Å². The minimum Gasteiger partial charge on any atom is -0.491 e. The van der Waals surface area contributed by atoms with E-state index < -0.39 is 10.0 Å². The Labute approximate surface area is 170 Å². The van der Waals surface area contributed by atoms with Gasteiger partial charge in [0.2, 0.25) is 15.9 Å². The number of hydrogen-bond acceptors (Lipinski definition) is 5. The van der Waals surface area contributed by atoms with Crippen LogP contribution in [0.25, 0.3) is 10.9 Å². The number of nitrogens with one attached hydrogen (secondary N) is 1. The first kappa shape index (κ1) is 20.8. The fourth-order valence-corrected chi connectivity index (χ4v) is 3.94. The number of amides is 1. The lowest BCUT2D eigenvalue weighted by atomic mass is 10.2. The van der Waals surface area contributed by atoms with Gasteiger partial charge < -0.3 is 10.1 Å². The first-order valence-corrected chi connectivity index (χ1v) is 10.7. The van der Waals surface area contributed by atoms with Crippen molar-refractivity contribution in [1.29, 1.82) is 0 Å². The highest BCUT2D eigenvalue weighted by Gasteiger charge is 2.22. The smallest absolute Gasteiger partial charge is 0.243 e. The van der Waals surface area contributed by atoms with Crippen molar-refractivity contribution in [3.8, 4) is 5.75 Å². The molecular formula is C21H23N3O4S. The van der Waals surface area contributed by atoms with E-state index >= 15 is 0 Å². The van der Waals surface area contributed by atoms with Gasteiger partial charge in [0.25, 0.3) is 0 Å². The second-order valence-corrected chi connectivity index (χ2v) is 8.50. The third kappa shape index (κ3) is 5.30. The maximum Gasteiger partial charge on any atom is 0.243 e. The lowest BCUT2D eigenvalue weighted by Crippen LogP contribution is -2.38. The minimum atomic E-state index is -3.69. The molecule has 3 aromatic rings. The van der Waals surface area contributed by atoms with Crippen molar-refractivity contribution >= 4 is 26.8 Å². The van der Waals surface area contributed by atoms with Gasteiger partial charge in [0.1, 0.15) is 11.3 Å². The third-order valence-corrected chi connectivity index (χ3v) is 6.13. The van der Waals surface area contributed by atoms with Crippen molar-refractivity contribution in [2.45, 2.75) is 11.3 Å². The third-order valence-electron chi connectivity index (χ3n) is 4.31. The van der Waals surface area contributed by atoms with Crippen molar-refractivity contribution < 1.29 is 17.9 Å². The number of sulfonamides is 1. The zero-order chi connectivity index (χ0) is 20.7. The molecule has 1 heterocycles. The summed E-state index contributed by atoms with van der Waals surface area (Å²) in [4.78, 5) is 16.6. The summed E-state index contributed by atoms with van der Waals surface area (Å²) < 4.78 is 31.7. The first-order valence-electron chi connectivity index (χ1n) is 9.23. The molecule has 2 aromatic carbocycles. The Morgan fingerprint density at radius 3 is 2.62 bits per heavy atom. The average molecular weight is 413 g/mol. The molecule has 0 unspecified atom stereocenters. The van der Waals surface area contributed by atoms with E-state index in [1.807, 2.05) is 30.3 Å². The molecule has 7 nitrogen and oxygen atoms in total. The molecule has 3 rings (SSSR count). The van der Waals surface area contributed by atoms with Gasteiger partial charge in [-0.25, -0.2) is 8.42 Å². The SMILES string of the molecule is CN(CC(=O)NCCCOc1cccc2cccnc12)S(=O)(=O)c1ccccc1. The Morgan fingerprint density at radius 2 is 1.83 bits per heavy atom. The van der Waals surface area contributed by atoms with Crippen LogP contribution in [0.3, 0.4) is 0 Å². The number of likely N-dealkylation sites (N-methyl/N-ethyl adjacent to an activating group) is 1. The highest BCUT2D eigenvalue weighted by Crippen LogP contribution is 2.22. The summed E-state index contributed by atoms with van der Waals surface area (Å²) >= 11 is 0. The molecule has 1 amide bonds. The molecule has 0 radical (unpaired) electrons. The molecule has 0 bridgehead atoms. The normalized spacial score (nSPS) is 11.5. The number of carbonyl (C=O) groups excluding carboxylic acids is 1. The summed E-state index contributed by atoms with van der Waals surface area (Å²) in [5.74, 6) is 0.335. The number of rotatable bonds is 9. The Hall–Kier alpha value is -2.97. The van der Waals surface area contributed by atoms with Crippen LogP contribution in [0.5, 0.6) is 5.75 Å². The Morgan fingerprint density at radius 1 is 1.07 bits per heavy atom. The Kier molecular flexibility index (Phi) is 6.79. The van der Waals surface area contributed by atoms with Crippen LogP contribution in [0, 0.1) is 0 Å². The Bertz CT molecular complexity index is 1070. The first-order chi connectivity index (χ1) is 14.0. The van der Waals surface area contributed by atoms with E-state index in [0.29, 0.717) is 25.3 Å². The average Bonchev–Trinajstić information content (AvgIpc) is 2.74. The summed E-state index contributed by atoms with van der Waals surface area (Å²) in [6.45, 7) is 0.551. The van der Waals surface area contributed by atoms with Gasteiger partial charge in [-0.05, 0) is 30.7 Å². The van der Waals surface area contributed by atoms with E-state index in [1.165, 1.54) is 19.2 Å². The molecule has 8 heteroatoms. The lowest BCUT2D eigenvalue weighted by Gasteiger charge is -2.17. The number of para-hydroxylation sites is 1. The number of benzene rings is 2. The molecule has 0 atom stereocenters. The zero-order valence-corrected chi connectivity index (χ0v) is 16.9. The van der Waals surface area contributed by atoms with Gasteiger partial charge in [-0.1, -0.05) is 36.4 Å². The molecule has 0 saturated carbocycles. The van der Waals surface area contributed by atoms with Gasteiger partial charge in [-0.3, -0.25) is 9.78 Å². The fraction of sp³-hybridized carbons (Fsp3) is 0.238. The molecule has 1 aromatic heterocycles. The summed E-state index contributed by atoms with van der Waals surface area (Å²) in [5, 5.41) is 3.72. The van der Waals surface area contributed by atoms with Gasteiger partial charge in [0.05, 0.1) is 18.0 Å². The summed E-state index contributed by atoms with van der Waals surface area (Å²) in [6.07, 6.45) is 2.31. The number of aromatic nitrogens is 1. The predicted molar refractivity (Wildman–Crippen MR) is 111 cm³/mol. The van der Waals surface area contributed by atoms with Crippen molar-refractivity contribution in [3.63, 3.8) is 0 Å². The van der Waals surface area contributed by atoms with Gasteiger partial charge in [0, 0.05) is 25.2 Å². The van der Waals surface area contributed by atoms with Crippen LogP contribution in [0.2, 0.25) is 0 Å². The van der Waals surface area contributed by atoms with E-state index in [4.69, 9.17) is 4.74 Å². The molecule has 152 valence electrons. The molecule has 0 spiro atoms. The maximum absolute atomic E-state index is 12.4. The van der Waals surface area contributed by atoms with Gasteiger partial charge >= 0.3 is 0 Å². The van der Waals surface area contributed by atoms with Crippen molar-refractivity contribution in [2.75, 3.05) is 26.7 Å². The number of hydrogen-bond donors (Lipinski definition) is 1. The monoisotopic (exact) mass is 413 g/mol. The maximum atomic E-state index is 12.4. The van der Waals surface area contributed by atoms with Crippen molar-refractivity contribution in [2.24, 2.45) is 0 Å². The second-order valence-electron chi connectivity index (χ2n) is 6.46. The van der Waals surface area contributed by atoms with E-state index in [0.717, 1.165) is 15.2 Å². The molecule has 1 N–H and O–H groups in total. The number of fused-ring (bicyclic) bond motifs is 1. The molecular weight excluding hydrogens is 390 g/mol. The fourth-order valence-electron chi connectivity index (χ4n) is 2.79. The summed E-state index contributed by atoms with van der Waals surface area (Å²) in [7, 11) is -2.30. The lowest BCUT2D eigenvalue weighted by molar-refractivity contribution is -0.121. The quantitative estimate of drug-likeness (QED) is 0.545. The van der Waals surface area contributed by atoms with E-state index in [-0.39, 0.29) is 17.3 Å². The van der Waals surface area contributed by atoms with Crippen LogP contribution < -0.4 is 10.1 Å². The molecule has 0 fully saturated rings. The van der Waals surface area contributed by atoms with Crippen molar-refractivity contribution in [3.05, 3.63) is 66.9 Å². The van der Waals surface area contributed by atoms with Crippen LogP contribution in [0.1, 0.15) is 6.42 Å². The second kappa shape index (κ2) is 9.49. The Balaban J connectivity index is 1.43. The van der Waals surface area contributed by atoms with Gasteiger partial charge in [0.15, 0.2) is 0 Å². The number of ether oxygens (including phenoxy) is 1. The summed E-state index contributed by atoms with van der Waals surface area (Å²) in [5.41, 5.74) is 0.798. The molecule has 29 heavy (non-hydrogen) atoms. The van der Waals surface area contributed by atoms with E-state index in [1.54, 1.807) is 24.4 Å². The van der Waals surface area contributed by atoms with Crippen LogP contribution in [-0.4, -0.2) is 50.4 Å². The molecule has 0 aliphatic heterocycles. The highest BCUT2D eigenvalue weighted by molar-refractivity contribution is 7.89. The highest BCUT2D eigenvalue weighted by atomic mass is 32.2. The zero-order valence-electron chi connectivity index (χ0n) is 16.1. The van der Waals surface area contributed by atoms with Crippen LogP contribution >= 0.6 is 0 Å². The van der Waals surface area contributed by atoms with Crippen molar-refractivity contribution in [1.82, 2.24) is 14.6 Å². The standard InChI is InChI=1S/C21H23N3O4S/c1-24(29(26,27)18-10-3-2-4-11-18)16-20(25)22-14-7-15-28-19-12-5-8-17-9-6-13-23-21(17)19/h2-6,8-13H,7,14-16H2,1H3,(H,22,25). The summed E-state index contributed by atoms with van der Waals surface area (Å²) in [6, 6.07) is 17.6. The van der Waals surface area contributed by atoms with Gasteiger partial charge in [-0.15, -0.1) is 0 Å². The number of nitrogens with zero attached hydrogens (tertiary/aromatic N) is 2.